The van der Waals surface area contributed by atoms with Crippen molar-refractivity contribution in [3.05, 3.63) is 27.0 Å². The Morgan fingerprint density at radius 3 is 3.00 bits per heavy atom. The number of nitrogens with zero attached hydrogens (tertiary/aromatic N) is 1. The Morgan fingerprint density at radius 2 is 2.47 bits per heavy atom. The molecule has 1 unspecified atom stereocenters. The summed E-state index contributed by atoms with van der Waals surface area (Å²) in [6, 6.07) is -0.113. The summed E-state index contributed by atoms with van der Waals surface area (Å²) in [4.78, 5) is 4.06. The molecule has 1 aliphatic heterocycles. The first-order chi connectivity index (χ1) is 7.05. The van der Waals surface area contributed by atoms with Crippen molar-refractivity contribution in [2.45, 2.75) is 12.6 Å². The van der Waals surface area contributed by atoms with E-state index in [2.05, 4.69) is 10.3 Å². The quantitative estimate of drug-likeness (QED) is 0.891. The van der Waals surface area contributed by atoms with Gasteiger partial charge in [0, 0.05) is 18.0 Å². The van der Waals surface area contributed by atoms with E-state index in [0.717, 1.165) is 5.01 Å². The smallest absolute Gasteiger partial charge is 0.173 e. The van der Waals surface area contributed by atoms with Gasteiger partial charge < -0.3 is 5.32 Å². The maximum Gasteiger partial charge on any atom is 0.173 e. The zero-order valence-corrected chi connectivity index (χ0v) is 10.1. The number of halogens is 1. The molecule has 0 saturated carbocycles. The van der Waals surface area contributed by atoms with Crippen molar-refractivity contribution in [2.24, 2.45) is 0 Å². The van der Waals surface area contributed by atoms with E-state index in [4.69, 9.17) is 11.6 Å². The van der Waals surface area contributed by atoms with E-state index < -0.39 is 9.84 Å². The lowest BCUT2D eigenvalue weighted by atomic mass is 10.3. The van der Waals surface area contributed by atoms with Crippen LogP contribution in [0.1, 0.15) is 5.01 Å². The Balaban J connectivity index is 1.88. The first-order valence-corrected chi connectivity index (χ1v) is 7.21. The number of hydrogen-bond donors (Lipinski definition) is 1. The van der Waals surface area contributed by atoms with Gasteiger partial charge in [0.15, 0.2) is 9.84 Å². The summed E-state index contributed by atoms with van der Waals surface area (Å²) in [6.45, 7) is 0.544. The van der Waals surface area contributed by atoms with E-state index >= 15 is 0 Å². The first kappa shape index (κ1) is 11.1. The van der Waals surface area contributed by atoms with E-state index in [-0.39, 0.29) is 11.8 Å². The van der Waals surface area contributed by atoms with E-state index in [1.807, 2.05) is 0 Å². The molecule has 0 saturated heterocycles. The second kappa shape index (κ2) is 4.21. The van der Waals surface area contributed by atoms with Gasteiger partial charge in [0.2, 0.25) is 0 Å². The fourth-order valence-electron chi connectivity index (χ4n) is 1.29. The van der Waals surface area contributed by atoms with Crippen molar-refractivity contribution in [3.63, 3.8) is 0 Å². The Labute approximate surface area is 96.9 Å². The molecule has 4 nitrogen and oxygen atoms in total. The van der Waals surface area contributed by atoms with Crippen LogP contribution in [0.5, 0.6) is 0 Å². The fraction of sp³-hybridized carbons (Fsp3) is 0.375. The Hall–Kier alpha value is -0.430. The van der Waals surface area contributed by atoms with Crippen LogP contribution in [0.15, 0.2) is 17.7 Å². The molecule has 1 aromatic rings. The van der Waals surface area contributed by atoms with E-state index in [1.165, 1.54) is 16.7 Å². The van der Waals surface area contributed by atoms with Crippen LogP contribution in [0.4, 0.5) is 0 Å². The van der Waals surface area contributed by atoms with Gasteiger partial charge in [-0.3, -0.25) is 0 Å². The maximum atomic E-state index is 11.1. The zero-order valence-electron chi connectivity index (χ0n) is 7.68. The number of rotatable bonds is 3. The molecule has 1 aliphatic rings. The van der Waals surface area contributed by atoms with Gasteiger partial charge >= 0.3 is 0 Å². The normalized spacial score (nSPS) is 23.4. The third-order valence-corrected chi connectivity index (χ3v) is 4.48. The molecule has 1 N–H and O–H groups in total. The minimum absolute atomic E-state index is 0.113. The van der Waals surface area contributed by atoms with Crippen LogP contribution in [0, 0.1) is 0 Å². The maximum absolute atomic E-state index is 11.1. The number of thiazole rings is 1. The van der Waals surface area contributed by atoms with Crippen LogP contribution in [0.3, 0.4) is 0 Å². The predicted molar refractivity (Wildman–Crippen MR) is 60.7 cm³/mol. The highest BCUT2D eigenvalue weighted by Crippen LogP contribution is 2.18. The molecule has 82 valence electrons. The molecule has 15 heavy (non-hydrogen) atoms. The largest absolute Gasteiger partial charge is 0.303 e. The highest BCUT2D eigenvalue weighted by atomic mass is 35.5. The van der Waals surface area contributed by atoms with Gasteiger partial charge in [0.1, 0.15) is 9.34 Å². The molecule has 0 aliphatic carbocycles. The van der Waals surface area contributed by atoms with Crippen molar-refractivity contribution in [2.75, 3.05) is 5.75 Å². The SMILES string of the molecule is O=S1(=O)C=CC(NCc2ncc(Cl)s2)C1. The van der Waals surface area contributed by atoms with Crippen LogP contribution in [0.25, 0.3) is 0 Å². The molecule has 0 bridgehead atoms. The number of sulfone groups is 1. The Bertz CT molecular complexity index is 481. The number of aromatic nitrogens is 1. The van der Waals surface area contributed by atoms with Crippen LogP contribution < -0.4 is 5.32 Å². The average Bonchev–Trinajstić information content (AvgIpc) is 2.69. The second-order valence-electron chi connectivity index (χ2n) is 3.20. The molecule has 0 aromatic carbocycles. The summed E-state index contributed by atoms with van der Waals surface area (Å²) >= 11 is 7.11. The van der Waals surface area contributed by atoms with Crippen LogP contribution >= 0.6 is 22.9 Å². The van der Waals surface area contributed by atoms with E-state index in [0.29, 0.717) is 10.9 Å². The summed E-state index contributed by atoms with van der Waals surface area (Å²) < 4.78 is 22.8. The lowest BCUT2D eigenvalue weighted by Gasteiger charge is -2.06. The molecular weight excluding hydrogens is 256 g/mol. The van der Waals surface area contributed by atoms with Crippen LogP contribution in [-0.4, -0.2) is 25.2 Å². The Kier molecular flexibility index (Phi) is 3.11. The third kappa shape index (κ3) is 3.01. The molecule has 0 radical (unpaired) electrons. The highest BCUT2D eigenvalue weighted by Gasteiger charge is 2.21. The molecule has 2 heterocycles. The molecule has 1 aromatic heterocycles. The molecule has 0 amide bonds. The Morgan fingerprint density at radius 1 is 1.67 bits per heavy atom. The van der Waals surface area contributed by atoms with Crippen molar-refractivity contribution >= 4 is 32.8 Å². The summed E-state index contributed by atoms with van der Waals surface area (Å²) in [7, 11) is -2.98. The van der Waals surface area contributed by atoms with Crippen LogP contribution in [0.2, 0.25) is 4.34 Å². The van der Waals surface area contributed by atoms with Gasteiger partial charge in [-0.1, -0.05) is 17.7 Å². The number of hydrogen-bond acceptors (Lipinski definition) is 5. The molecule has 0 spiro atoms. The standard InChI is InChI=1S/C8H9ClN2O2S2/c9-7-3-11-8(14-7)4-10-6-1-2-15(12,13)5-6/h1-3,6,10H,4-5H2. The van der Waals surface area contributed by atoms with Gasteiger partial charge in [-0.2, -0.15) is 0 Å². The monoisotopic (exact) mass is 264 g/mol. The van der Waals surface area contributed by atoms with Crippen molar-refractivity contribution in [1.29, 1.82) is 0 Å². The van der Waals surface area contributed by atoms with Crippen molar-refractivity contribution in [3.8, 4) is 0 Å². The molecule has 2 rings (SSSR count). The van der Waals surface area contributed by atoms with Crippen molar-refractivity contribution < 1.29 is 8.42 Å². The average molecular weight is 265 g/mol. The summed E-state index contributed by atoms with van der Waals surface area (Å²) in [5.74, 6) is 0.131. The third-order valence-electron chi connectivity index (χ3n) is 1.97. The summed E-state index contributed by atoms with van der Waals surface area (Å²) in [5, 5.41) is 5.20. The number of nitrogens with one attached hydrogen (secondary N) is 1. The van der Waals surface area contributed by atoms with Gasteiger partial charge in [-0.05, 0) is 0 Å². The first-order valence-electron chi connectivity index (χ1n) is 4.30. The molecule has 7 heteroatoms. The van der Waals surface area contributed by atoms with Gasteiger partial charge in [-0.15, -0.1) is 11.3 Å². The van der Waals surface area contributed by atoms with Crippen LogP contribution in [-0.2, 0) is 16.4 Å². The van der Waals surface area contributed by atoms with E-state index in [9.17, 15) is 8.42 Å². The topological polar surface area (TPSA) is 59.1 Å². The second-order valence-corrected chi connectivity index (χ2v) is 6.88. The van der Waals surface area contributed by atoms with Crippen molar-refractivity contribution in [1.82, 2.24) is 10.3 Å². The minimum Gasteiger partial charge on any atom is -0.303 e. The van der Waals surface area contributed by atoms with E-state index in [1.54, 1.807) is 12.3 Å². The molecule has 0 fully saturated rings. The van der Waals surface area contributed by atoms with Gasteiger partial charge in [-0.25, -0.2) is 13.4 Å². The predicted octanol–water partition coefficient (Wildman–Crippen LogP) is 1.20. The fourth-order valence-corrected chi connectivity index (χ4v) is 3.47. The lowest BCUT2D eigenvalue weighted by molar-refractivity contribution is 0.590. The lowest BCUT2D eigenvalue weighted by Crippen LogP contribution is -2.29. The van der Waals surface area contributed by atoms with Gasteiger partial charge in [0.25, 0.3) is 0 Å². The molecular formula is C8H9ClN2O2S2. The van der Waals surface area contributed by atoms with Gasteiger partial charge in [0.05, 0.1) is 11.9 Å². The minimum atomic E-state index is -2.98. The molecule has 1 atom stereocenters. The zero-order chi connectivity index (χ0) is 10.9. The summed E-state index contributed by atoms with van der Waals surface area (Å²) in [5.41, 5.74) is 0. The summed E-state index contributed by atoms with van der Waals surface area (Å²) in [6.07, 6.45) is 3.25. The highest BCUT2D eigenvalue weighted by molar-refractivity contribution is 7.94.